The Labute approximate surface area is 89.1 Å². The molecular formula is C10H16N4O. The maximum atomic E-state index is 8.75. The molecule has 1 aromatic rings. The average Bonchev–Trinajstić information content (AvgIpc) is 2.18. The quantitative estimate of drug-likeness (QED) is 0.461. The molecule has 0 spiro atoms. The topological polar surface area (TPSA) is 86.2 Å². The number of nitrogens with one attached hydrogen (secondary N) is 1. The Morgan fingerprint density at radius 2 is 2.40 bits per heavy atom. The number of aliphatic hydroxyl groups excluding tert-OH is 1. The van der Waals surface area contributed by atoms with E-state index in [9.17, 15) is 0 Å². The molecule has 0 aliphatic rings. The first-order chi connectivity index (χ1) is 7.13. The van der Waals surface area contributed by atoms with Gasteiger partial charge in [-0.3, -0.25) is 15.3 Å². The van der Waals surface area contributed by atoms with Crippen LogP contribution >= 0.6 is 0 Å². The minimum absolute atomic E-state index is 0.0262. The molecule has 15 heavy (non-hydrogen) atoms. The van der Waals surface area contributed by atoms with Crippen LogP contribution in [0.1, 0.15) is 11.3 Å². The van der Waals surface area contributed by atoms with E-state index in [-0.39, 0.29) is 12.4 Å². The third-order valence-corrected chi connectivity index (χ3v) is 2.03. The Bertz CT molecular complexity index is 340. The van der Waals surface area contributed by atoms with E-state index >= 15 is 0 Å². The summed E-state index contributed by atoms with van der Waals surface area (Å²) in [5.41, 5.74) is 6.86. The molecule has 0 bridgehead atoms. The van der Waals surface area contributed by atoms with Crippen LogP contribution in [0.25, 0.3) is 0 Å². The largest absolute Gasteiger partial charge is 0.395 e. The molecule has 1 aromatic heterocycles. The van der Waals surface area contributed by atoms with Gasteiger partial charge in [-0.05, 0) is 24.7 Å². The molecule has 5 nitrogen and oxygen atoms in total. The molecule has 1 heterocycles. The average molecular weight is 208 g/mol. The fourth-order valence-electron chi connectivity index (χ4n) is 1.28. The fourth-order valence-corrected chi connectivity index (χ4v) is 1.28. The Hall–Kier alpha value is -1.46. The van der Waals surface area contributed by atoms with Gasteiger partial charge < -0.3 is 10.8 Å². The highest BCUT2D eigenvalue weighted by atomic mass is 16.3. The van der Waals surface area contributed by atoms with Crippen LogP contribution in [0.15, 0.2) is 18.3 Å². The van der Waals surface area contributed by atoms with Crippen LogP contribution < -0.4 is 5.73 Å². The molecule has 0 saturated carbocycles. The number of hydrogen-bond acceptors (Lipinski definition) is 4. The minimum atomic E-state index is -0.0262. The molecule has 0 aromatic carbocycles. The predicted octanol–water partition coefficient (Wildman–Crippen LogP) is -0.210. The number of pyridine rings is 1. The lowest BCUT2D eigenvalue weighted by atomic mass is 10.2. The number of amidine groups is 1. The van der Waals surface area contributed by atoms with Crippen molar-refractivity contribution in [3.05, 3.63) is 29.6 Å². The monoisotopic (exact) mass is 208 g/mol. The van der Waals surface area contributed by atoms with Gasteiger partial charge in [-0.2, -0.15) is 0 Å². The van der Waals surface area contributed by atoms with Crippen molar-refractivity contribution in [3.8, 4) is 0 Å². The van der Waals surface area contributed by atoms with Gasteiger partial charge in [0, 0.05) is 19.3 Å². The second-order valence-corrected chi connectivity index (χ2v) is 3.42. The Morgan fingerprint density at radius 1 is 1.67 bits per heavy atom. The summed E-state index contributed by atoms with van der Waals surface area (Å²) in [6.07, 6.45) is 1.64. The standard InChI is InChI=1S/C10H16N4O/c1-14(4-5-15)7-8-2-3-13-9(6-8)10(11)12/h2-3,6,15H,4-5,7H2,1H3,(H3,11,12). The molecule has 0 fully saturated rings. The van der Waals surface area contributed by atoms with Crippen LogP contribution in [0.5, 0.6) is 0 Å². The summed E-state index contributed by atoms with van der Waals surface area (Å²) in [6, 6.07) is 3.66. The van der Waals surface area contributed by atoms with Crippen LogP contribution in [0.4, 0.5) is 0 Å². The summed E-state index contributed by atoms with van der Waals surface area (Å²) < 4.78 is 0. The van der Waals surface area contributed by atoms with E-state index in [1.165, 1.54) is 0 Å². The molecule has 0 atom stereocenters. The van der Waals surface area contributed by atoms with Crippen molar-refractivity contribution in [2.24, 2.45) is 5.73 Å². The van der Waals surface area contributed by atoms with Crippen molar-refractivity contribution < 1.29 is 5.11 Å². The van der Waals surface area contributed by atoms with Crippen molar-refractivity contribution in [1.29, 1.82) is 5.41 Å². The second kappa shape index (κ2) is 5.43. The first kappa shape index (κ1) is 11.6. The molecule has 0 radical (unpaired) electrons. The molecule has 0 unspecified atom stereocenters. The van der Waals surface area contributed by atoms with Gasteiger partial charge in [0.2, 0.25) is 0 Å². The summed E-state index contributed by atoms with van der Waals surface area (Å²) in [7, 11) is 1.92. The first-order valence-corrected chi connectivity index (χ1v) is 4.72. The molecule has 0 aliphatic carbocycles. The van der Waals surface area contributed by atoms with Gasteiger partial charge in [-0.1, -0.05) is 0 Å². The first-order valence-electron chi connectivity index (χ1n) is 4.72. The third kappa shape index (κ3) is 3.65. The van der Waals surface area contributed by atoms with Gasteiger partial charge in [-0.25, -0.2) is 0 Å². The van der Waals surface area contributed by atoms with Crippen molar-refractivity contribution in [3.63, 3.8) is 0 Å². The summed E-state index contributed by atoms with van der Waals surface area (Å²) in [5, 5.41) is 16.0. The van der Waals surface area contributed by atoms with Crippen molar-refractivity contribution in [2.45, 2.75) is 6.54 Å². The normalized spacial score (nSPS) is 10.6. The number of nitrogens with zero attached hydrogens (tertiary/aromatic N) is 2. The van der Waals surface area contributed by atoms with E-state index in [4.69, 9.17) is 16.2 Å². The van der Waals surface area contributed by atoms with E-state index < -0.39 is 0 Å². The highest BCUT2D eigenvalue weighted by molar-refractivity contribution is 5.93. The lowest BCUT2D eigenvalue weighted by Crippen LogP contribution is -2.22. The number of aliphatic hydroxyl groups is 1. The third-order valence-electron chi connectivity index (χ3n) is 2.03. The number of hydrogen-bond donors (Lipinski definition) is 3. The molecule has 4 N–H and O–H groups in total. The number of nitrogen functional groups attached to an aromatic ring is 1. The lowest BCUT2D eigenvalue weighted by molar-refractivity contribution is 0.217. The van der Waals surface area contributed by atoms with Crippen LogP contribution in [0, 0.1) is 5.41 Å². The zero-order valence-corrected chi connectivity index (χ0v) is 8.77. The molecule has 0 amide bonds. The van der Waals surface area contributed by atoms with Gasteiger partial charge in [0.1, 0.15) is 11.5 Å². The van der Waals surface area contributed by atoms with Gasteiger partial charge in [0.15, 0.2) is 0 Å². The van der Waals surface area contributed by atoms with E-state index in [1.807, 2.05) is 18.0 Å². The smallest absolute Gasteiger partial charge is 0.141 e. The number of likely N-dealkylation sites (N-methyl/N-ethyl adjacent to an activating group) is 1. The van der Waals surface area contributed by atoms with Crippen molar-refractivity contribution in [2.75, 3.05) is 20.2 Å². The maximum Gasteiger partial charge on any atom is 0.141 e. The van der Waals surface area contributed by atoms with Gasteiger partial charge in [-0.15, -0.1) is 0 Å². The van der Waals surface area contributed by atoms with Gasteiger partial charge in [0.25, 0.3) is 0 Å². The fraction of sp³-hybridized carbons (Fsp3) is 0.400. The summed E-state index contributed by atoms with van der Waals surface area (Å²) in [4.78, 5) is 5.96. The van der Waals surface area contributed by atoms with E-state index in [2.05, 4.69) is 4.98 Å². The van der Waals surface area contributed by atoms with Gasteiger partial charge >= 0.3 is 0 Å². The number of aromatic nitrogens is 1. The zero-order chi connectivity index (χ0) is 11.3. The highest BCUT2D eigenvalue weighted by Crippen LogP contribution is 2.04. The Balaban J connectivity index is 2.69. The van der Waals surface area contributed by atoms with Crippen LogP contribution in [0.3, 0.4) is 0 Å². The highest BCUT2D eigenvalue weighted by Gasteiger charge is 2.02. The Kier molecular flexibility index (Phi) is 4.20. The van der Waals surface area contributed by atoms with E-state index in [0.29, 0.717) is 18.8 Å². The predicted molar refractivity (Wildman–Crippen MR) is 58.7 cm³/mol. The molecular weight excluding hydrogens is 192 g/mol. The van der Waals surface area contributed by atoms with Crippen LogP contribution in [-0.4, -0.2) is 41.0 Å². The van der Waals surface area contributed by atoms with Crippen molar-refractivity contribution >= 4 is 5.84 Å². The lowest BCUT2D eigenvalue weighted by Gasteiger charge is -2.15. The summed E-state index contributed by atoms with van der Waals surface area (Å²) >= 11 is 0. The molecule has 82 valence electrons. The molecule has 0 saturated heterocycles. The minimum Gasteiger partial charge on any atom is -0.395 e. The second-order valence-electron chi connectivity index (χ2n) is 3.42. The van der Waals surface area contributed by atoms with E-state index in [1.54, 1.807) is 12.3 Å². The van der Waals surface area contributed by atoms with Crippen LogP contribution in [0.2, 0.25) is 0 Å². The molecule has 5 heteroatoms. The summed E-state index contributed by atoms with van der Waals surface area (Å²) in [6.45, 7) is 1.47. The summed E-state index contributed by atoms with van der Waals surface area (Å²) in [5.74, 6) is -0.0262. The van der Waals surface area contributed by atoms with Crippen molar-refractivity contribution in [1.82, 2.24) is 9.88 Å². The van der Waals surface area contributed by atoms with Crippen LogP contribution in [-0.2, 0) is 6.54 Å². The maximum absolute atomic E-state index is 8.75. The van der Waals surface area contributed by atoms with E-state index in [0.717, 1.165) is 5.56 Å². The number of rotatable bonds is 5. The Morgan fingerprint density at radius 3 is 3.00 bits per heavy atom. The SMILES string of the molecule is CN(CCO)Cc1ccnc(C(=N)N)c1. The van der Waals surface area contributed by atoms with Gasteiger partial charge in [0.05, 0.1) is 6.61 Å². The number of nitrogens with two attached hydrogens (primary N) is 1. The molecule has 0 aliphatic heterocycles. The molecule has 1 rings (SSSR count). The zero-order valence-electron chi connectivity index (χ0n) is 8.77.